The Labute approximate surface area is 115 Å². The molecular weight excluding hydrogens is 291 g/mol. The summed E-state index contributed by atoms with van der Waals surface area (Å²) in [7, 11) is -2.43. The number of halogens is 1. The summed E-state index contributed by atoms with van der Waals surface area (Å²) in [4.78, 5) is 9.38. The van der Waals surface area contributed by atoms with Crippen LogP contribution in [-0.2, 0) is 14.8 Å². The SMILES string of the molecule is COCCCNS(=O)(=O)c1cc([N+](=O)[O-])c(F)cc1C. The maximum absolute atomic E-state index is 13.3. The van der Waals surface area contributed by atoms with Crippen LogP contribution in [-0.4, -0.2) is 33.6 Å². The fraction of sp³-hybridized carbons (Fsp3) is 0.455. The highest BCUT2D eigenvalue weighted by molar-refractivity contribution is 7.89. The number of rotatable bonds is 7. The number of nitrogens with one attached hydrogen (secondary N) is 1. The molecule has 0 spiro atoms. The van der Waals surface area contributed by atoms with E-state index in [1.165, 1.54) is 14.0 Å². The van der Waals surface area contributed by atoms with Gasteiger partial charge in [0.25, 0.3) is 0 Å². The molecule has 112 valence electrons. The quantitative estimate of drug-likeness (QED) is 0.466. The molecule has 0 aliphatic heterocycles. The van der Waals surface area contributed by atoms with Crippen molar-refractivity contribution in [1.82, 2.24) is 4.72 Å². The Morgan fingerprint density at radius 2 is 2.10 bits per heavy atom. The smallest absolute Gasteiger partial charge is 0.306 e. The van der Waals surface area contributed by atoms with Gasteiger partial charge in [-0.25, -0.2) is 13.1 Å². The summed E-state index contributed by atoms with van der Waals surface area (Å²) < 4.78 is 44.4. The number of aryl methyl sites for hydroxylation is 1. The molecule has 0 fully saturated rings. The molecule has 9 heteroatoms. The van der Waals surface area contributed by atoms with Gasteiger partial charge in [0.2, 0.25) is 15.8 Å². The van der Waals surface area contributed by atoms with E-state index in [0.717, 1.165) is 12.1 Å². The number of nitro groups is 1. The maximum Gasteiger partial charge on any atom is 0.306 e. The highest BCUT2D eigenvalue weighted by Gasteiger charge is 2.23. The topological polar surface area (TPSA) is 98.5 Å². The van der Waals surface area contributed by atoms with Gasteiger partial charge in [-0.2, -0.15) is 4.39 Å². The summed E-state index contributed by atoms with van der Waals surface area (Å²) in [5.41, 5.74) is -0.764. The predicted molar refractivity (Wildman–Crippen MR) is 69.5 cm³/mol. The average molecular weight is 306 g/mol. The minimum Gasteiger partial charge on any atom is -0.385 e. The Bertz CT molecular complexity index is 603. The van der Waals surface area contributed by atoms with Crippen LogP contribution in [0.5, 0.6) is 0 Å². The molecule has 20 heavy (non-hydrogen) atoms. The van der Waals surface area contributed by atoms with Gasteiger partial charge in [0, 0.05) is 26.3 Å². The summed E-state index contributed by atoms with van der Waals surface area (Å²) in [6, 6.07) is 1.56. The molecule has 0 aromatic heterocycles. The lowest BCUT2D eigenvalue weighted by atomic mass is 10.2. The minimum absolute atomic E-state index is 0.104. The highest BCUT2D eigenvalue weighted by Crippen LogP contribution is 2.25. The number of hydrogen-bond acceptors (Lipinski definition) is 5. The van der Waals surface area contributed by atoms with Gasteiger partial charge in [0.05, 0.1) is 9.82 Å². The Morgan fingerprint density at radius 1 is 1.45 bits per heavy atom. The number of nitrogens with zero attached hydrogens (tertiary/aromatic N) is 1. The van der Waals surface area contributed by atoms with E-state index in [0.29, 0.717) is 13.0 Å². The first-order valence-corrected chi connectivity index (χ1v) is 7.21. The van der Waals surface area contributed by atoms with Crippen LogP contribution in [0.15, 0.2) is 17.0 Å². The highest BCUT2D eigenvalue weighted by atomic mass is 32.2. The zero-order valence-corrected chi connectivity index (χ0v) is 11.9. The number of methoxy groups -OCH3 is 1. The Hall–Kier alpha value is -1.58. The third-order valence-corrected chi connectivity index (χ3v) is 4.15. The number of nitro benzene ring substituents is 1. The summed E-state index contributed by atoms with van der Waals surface area (Å²) in [5, 5.41) is 10.6. The van der Waals surface area contributed by atoms with Crippen LogP contribution < -0.4 is 4.72 Å². The first-order chi connectivity index (χ1) is 9.29. The fourth-order valence-electron chi connectivity index (χ4n) is 1.57. The van der Waals surface area contributed by atoms with Crippen molar-refractivity contribution >= 4 is 15.7 Å². The van der Waals surface area contributed by atoms with Crippen molar-refractivity contribution in [1.29, 1.82) is 0 Å². The van der Waals surface area contributed by atoms with Gasteiger partial charge in [-0.3, -0.25) is 10.1 Å². The van der Waals surface area contributed by atoms with Crippen molar-refractivity contribution in [2.45, 2.75) is 18.2 Å². The first-order valence-electron chi connectivity index (χ1n) is 5.72. The summed E-state index contributed by atoms with van der Waals surface area (Å²) in [6.07, 6.45) is 0.456. The maximum atomic E-state index is 13.3. The second-order valence-corrected chi connectivity index (χ2v) is 5.81. The second kappa shape index (κ2) is 6.73. The predicted octanol–water partition coefficient (Wildman–Crippen LogP) is 1.36. The Morgan fingerprint density at radius 3 is 2.65 bits per heavy atom. The van der Waals surface area contributed by atoms with Crippen LogP contribution >= 0.6 is 0 Å². The molecule has 0 aliphatic rings. The van der Waals surface area contributed by atoms with Crippen molar-refractivity contribution in [3.63, 3.8) is 0 Å². The van der Waals surface area contributed by atoms with Gasteiger partial charge in [-0.15, -0.1) is 0 Å². The van der Waals surface area contributed by atoms with E-state index in [1.54, 1.807) is 0 Å². The normalized spacial score (nSPS) is 11.6. The van der Waals surface area contributed by atoms with Crippen LogP contribution in [0.2, 0.25) is 0 Å². The van der Waals surface area contributed by atoms with E-state index in [1.807, 2.05) is 0 Å². The molecular formula is C11H15FN2O5S. The molecule has 1 aromatic carbocycles. The van der Waals surface area contributed by atoms with Gasteiger partial charge >= 0.3 is 5.69 Å². The Kier molecular flexibility index (Phi) is 5.54. The van der Waals surface area contributed by atoms with E-state index in [4.69, 9.17) is 4.74 Å². The van der Waals surface area contributed by atoms with E-state index in [9.17, 15) is 22.9 Å². The molecule has 0 aliphatic carbocycles. The molecule has 7 nitrogen and oxygen atoms in total. The van der Waals surface area contributed by atoms with Gasteiger partial charge in [-0.1, -0.05) is 0 Å². The van der Waals surface area contributed by atoms with Crippen LogP contribution in [0, 0.1) is 22.9 Å². The van der Waals surface area contributed by atoms with Crippen LogP contribution in [0.25, 0.3) is 0 Å². The molecule has 0 atom stereocenters. The molecule has 0 bridgehead atoms. The number of hydrogen-bond donors (Lipinski definition) is 1. The van der Waals surface area contributed by atoms with E-state index >= 15 is 0 Å². The molecule has 1 N–H and O–H groups in total. The van der Waals surface area contributed by atoms with Gasteiger partial charge < -0.3 is 4.74 Å². The molecule has 0 amide bonds. The monoisotopic (exact) mass is 306 g/mol. The number of sulfonamides is 1. The zero-order valence-electron chi connectivity index (χ0n) is 11.1. The third kappa shape index (κ3) is 3.95. The van der Waals surface area contributed by atoms with Gasteiger partial charge in [-0.05, 0) is 25.0 Å². The lowest BCUT2D eigenvalue weighted by Gasteiger charge is -2.09. The van der Waals surface area contributed by atoms with Gasteiger partial charge in [0.15, 0.2) is 0 Å². The van der Waals surface area contributed by atoms with Crippen molar-refractivity contribution in [2.75, 3.05) is 20.3 Å². The number of ether oxygens (including phenoxy) is 1. The molecule has 0 unspecified atom stereocenters. The summed E-state index contributed by atoms with van der Waals surface area (Å²) in [5.74, 6) is -1.06. The lowest BCUT2D eigenvalue weighted by molar-refractivity contribution is -0.387. The van der Waals surface area contributed by atoms with Crippen molar-refractivity contribution < 1.29 is 22.5 Å². The largest absolute Gasteiger partial charge is 0.385 e. The van der Waals surface area contributed by atoms with E-state index < -0.39 is 26.5 Å². The fourth-order valence-corrected chi connectivity index (χ4v) is 2.89. The van der Waals surface area contributed by atoms with E-state index in [2.05, 4.69) is 4.72 Å². The minimum atomic E-state index is -3.92. The Balaban J connectivity index is 3.05. The molecule has 1 rings (SSSR count). The second-order valence-electron chi connectivity index (χ2n) is 4.07. The van der Waals surface area contributed by atoms with Crippen molar-refractivity contribution in [3.05, 3.63) is 33.6 Å². The van der Waals surface area contributed by atoms with E-state index in [-0.39, 0.29) is 17.0 Å². The lowest BCUT2D eigenvalue weighted by Crippen LogP contribution is -2.26. The van der Waals surface area contributed by atoms with Crippen molar-refractivity contribution in [3.8, 4) is 0 Å². The van der Waals surface area contributed by atoms with Crippen LogP contribution in [0.4, 0.5) is 10.1 Å². The van der Waals surface area contributed by atoms with Crippen LogP contribution in [0.1, 0.15) is 12.0 Å². The molecule has 0 saturated carbocycles. The molecule has 0 heterocycles. The average Bonchev–Trinajstić information content (AvgIpc) is 2.33. The zero-order chi connectivity index (χ0) is 15.3. The summed E-state index contributed by atoms with van der Waals surface area (Å²) >= 11 is 0. The third-order valence-electron chi connectivity index (χ3n) is 2.55. The molecule has 1 aromatic rings. The first kappa shape index (κ1) is 16.5. The molecule has 0 saturated heterocycles. The molecule has 0 radical (unpaired) electrons. The number of benzene rings is 1. The van der Waals surface area contributed by atoms with Gasteiger partial charge in [0.1, 0.15) is 0 Å². The van der Waals surface area contributed by atoms with Crippen molar-refractivity contribution in [2.24, 2.45) is 0 Å². The standard InChI is InChI=1S/C11H15FN2O5S/c1-8-6-9(12)10(14(15)16)7-11(8)20(17,18)13-4-3-5-19-2/h6-7,13H,3-5H2,1-2H3. The van der Waals surface area contributed by atoms with Crippen LogP contribution in [0.3, 0.4) is 0 Å². The summed E-state index contributed by atoms with van der Waals surface area (Å²) in [6.45, 7) is 1.88.